The van der Waals surface area contributed by atoms with Crippen molar-refractivity contribution in [3.63, 3.8) is 0 Å². The lowest BCUT2D eigenvalue weighted by atomic mass is 9.97. The Bertz CT molecular complexity index is 1450. The fourth-order valence-corrected chi connectivity index (χ4v) is 7.92. The van der Waals surface area contributed by atoms with Crippen LogP contribution in [0.1, 0.15) is 66.0 Å². The number of hydrogen-bond donors (Lipinski definition) is 6. The van der Waals surface area contributed by atoms with E-state index in [0.717, 1.165) is 11.1 Å². The first-order valence-corrected chi connectivity index (χ1v) is 18.0. The van der Waals surface area contributed by atoms with Crippen LogP contribution in [0.25, 0.3) is 0 Å². The molecule has 5 atom stereocenters. The average molecular weight is 695 g/mol. The van der Waals surface area contributed by atoms with Crippen molar-refractivity contribution in [3.05, 3.63) is 71.8 Å². The highest BCUT2D eigenvalue weighted by molar-refractivity contribution is 8.01. The molecule has 0 spiro atoms. The van der Waals surface area contributed by atoms with Gasteiger partial charge in [0, 0.05) is 42.9 Å². The van der Waals surface area contributed by atoms with E-state index < -0.39 is 39.4 Å². The van der Waals surface area contributed by atoms with E-state index in [0.29, 0.717) is 6.54 Å². The summed E-state index contributed by atoms with van der Waals surface area (Å²) in [7, 11) is 0. The number of aliphatic hydroxyl groups is 1. The molecule has 0 aliphatic carbocycles. The summed E-state index contributed by atoms with van der Waals surface area (Å²) >= 11 is 1.41. The van der Waals surface area contributed by atoms with Crippen molar-refractivity contribution >= 4 is 35.4 Å². The van der Waals surface area contributed by atoms with Gasteiger partial charge in [-0.25, -0.2) is 0 Å². The molecule has 49 heavy (non-hydrogen) atoms. The first kappa shape index (κ1) is 38.4. The van der Waals surface area contributed by atoms with E-state index >= 15 is 0 Å². The number of carbonyl (C=O) groups is 4. The Morgan fingerprint density at radius 2 is 1.57 bits per heavy atom. The van der Waals surface area contributed by atoms with Gasteiger partial charge in [0.05, 0.1) is 23.4 Å². The molecule has 0 saturated carbocycles. The molecule has 6 N–H and O–H groups in total. The Balaban J connectivity index is 1.44. The van der Waals surface area contributed by atoms with Crippen LogP contribution in [0, 0.1) is 5.92 Å². The summed E-state index contributed by atoms with van der Waals surface area (Å²) in [4.78, 5) is 55.8. The molecule has 4 amide bonds. The minimum Gasteiger partial charge on any atom is -0.387 e. The Morgan fingerprint density at radius 1 is 0.959 bits per heavy atom. The van der Waals surface area contributed by atoms with E-state index in [1.807, 2.05) is 100 Å². The molecule has 11 nitrogen and oxygen atoms in total. The van der Waals surface area contributed by atoms with Crippen molar-refractivity contribution in [2.45, 2.75) is 107 Å². The summed E-state index contributed by atoms with van der Waals surface area (Å²) in [5, 5.41) is 26.2. The predicted molar refractivity (Wildman–Crippen MR) is 193 cm³/mol. The van der Waals surface area contributed by atoms with Crippen LogP contribution in [0.15, 0.2) is 60.7 Å². The second-order valence-corrected chi connectivity index (χ2v) is 17.2. The standard InChI is InChI=1S/C37H54N6O5S/c1-24(2)21-43-23-37(48,19-27(43)31(45)42-35(3,4)5)22-39-33(47)30-36(6,7)49-34(41-30)29(32(46)38-20-26-16-12-9-13-17-26)40-28(44)18-25-14-10-8-11-15-25/h8-17,24,27,29-30,34,41,48H,18-23H2,1-7H3,(H,38,46)(H,39,47)(H,40,44)(H,42,45)/t27-,29-,30+,34-,37?/m1/s1. The van der Waals surface area contributed by atoms with Crippen LogP contribution in [0.4, 0.5) is 0 Å². The fraction of sp³-hybridized carbons (Fsp3) is 0.568. The minimum atomic E-state index is -1.30. The van der Waals surface area contributed by atoms with Crippen molar-refractivity contribution < 1.29 is 24.3 Å². The smallest absolute Gasteiger partial charge is 0.245 e. The highest BCUT2D eigenvalue weighted by Crippen LogP contribution is 2.39. The summed E-state index contributed by atoms with van der Waals surface area (Å²) < 4.78 is -0.659. The third kappa shape index (κ3) is 11.0. The molecule has 1 unspecified atom stereocenters. The highest BCUT2D eigenvalue weighted by atomic mass is 32.2. The Labute approximate surface area is 295 Å². The van der Waals surface area contributed by atoms with E-state index in [4.69, 9.17) is 0 Å². The van der Waals surface area contributed by atoms with E-state index in [9.17, 15) is 24.3 Å². The second-order valence-electron chi connectivity index (χ2n) is 15.4. The number of β-amino-alcohol motifs (C(OH)–C–C–N with tert-alkyl or cyclic N) is 1. The molecule has 2 aromatic rings. The van der Waals surface area contributed by atoms with Crippen molar-refractivity contribution in [2.75, 3.05) is 19.6 Å². The van der Waals surface area contributed by atoms with E-state index in [1.165, 1.54) is 11.8 Å². The van der Waals surface area contributed by atoms with Gasteiger partial charge in [-0.2, -0.15) is 0 Å². The molecule has 2 aliphatic rings. The van der Waals surface area contributed by atoms with E-state index in [1.54, 1.807) is 0 Å². The van der Waals surface area contributed by atoms with Gasteiger partial charge < -0.3 is 26.4 Å². The molecule has 12 heteroatoms. The van der Waals surface area contributed by atoms with Crippen molar-refractivity contribution in [3.8, 4) is 0 Å². The molecule has 0 radical (unpaired) electrons. The van der Waals surface area contributed by atoms with Gasteiger partial charge in [-0.1, -0.05) is 74.5 Å². The van der Waals surface area contributed by atoms with E-state index in [2.05, 4.69) is 40.4 Å². The number of carbonyl (C=O) groups excluding carboxylic acids is 4. The third-order valence-corrected chi connectivity index (χ3v) is 10.1. The van der Waals surface area contributed by atoms with Gasteiger partial charge in [-0.15, -0.1) is 11.8 Å². The van der Waals surface area contributed by atoms with Crippen LogP contribution in [0.2, 0.25) is 0 Å². The molecule has 0 bridgehead atoms. The molecular weight excluding hydrogens is 641 g/mol. The van der Waals surface area contributed by atoms with Gasteiger partial charge in [0.2, 0.25) is 23.6 Å². The molecule has 2 saturated heterocycles. The topological polar surface area (TPSA) is 152 Å². The lowest BCUT2D eigenvalue weighted by Crippen LogP contribution is -2.58. The fourth-order valence-electron chi connectivity index (χ4n) is 6.43. The number of likely N-dealkylation sites (tertiary alicyclic amines) is 1. The van der Waals surface area contributed by atoms with Crippen LogP contribution < -0.4 is 26.6 Å². The number of benzene rings is 2. The molecular formula is C37H54N6O5S. The van der Waals surface area contributed by atoms with Crippen LogP contribution in [0.5, 0.6) is 0 Å². The number of thioether (sulfide) groups is 1. The van der Waals surface area contributed by atoms with Crippen molar-refractivity contribution in [2.24, 2.45) is 5.92 Å². The van der Waals surface area contributed by atoms with Gasteiger partial charge in [0.25, 0.3) is 0 Å². The van der Waals surface area contributed by atoms with Gasteiger partial charge in [-0.3, -0.25) is 29.4 Å². The van der Waals surface area contributed by atoms with Gasteiger partial charge >= 0.3 is 0 Å². The summed E-state index contributed by atoms with van der Waals surface area (Å²) in [6.07, 6.45) is 0.299. The van der Waals surface area contributed by atoms with Gasteiger partial charge in [0.15, 0.2) is 0 Å². The molecule has 268 valence electrons. The number of rotatable bonds is 13. The molecule has 2 aromatic carbocycles. The summed E-state index contributed by atoms with van der Waals surface area (Å²) in [6.45, 7) is 14.9. The Hall–Kier alpha value is -3.45. The lowest BCUT2D eigenvalue weighted by Gasteiger charge is -2.29. The maximum atomic E-state index is 13.8. The summed E-state index contributed by atoms with van der Waals surface area (Å²) in [6, 6.07) is 16.6. The minimum absolute atomic E-state index is 0.0296. The zero-order valence-electron chi connectivity index (χ0n) is 29.8. The van der Waals surface area contributed by atoms with Gasteiger partial charge in [-0.05, 0) is 51.7 Å². The molecule has 4 rings (SSSR count). The number of amides is 4. The van der Waals surface area contributed by atoms with Crippen LogP contribution >= 0.6 is 11.8 Å². The molecule has 2 fully saturated rings. The van der Waals surface area contributed by atoms with Crippen LogP contribution in [-0.2, 0) is 32.1 Å². The molecule has 0 aromatic heterocycles. The molecule has 2 heterocycles. The first-order valence-electron chi connectivity index (χ1n) is 17.1. The monoisotopic (exact) mass is 694 g/mol. The van der Waals surface area contributed by atoms with Gasteiger partial charge in [0.1, 0.15) is 12.1 Å². The summed E-state index contributed by atoms with van der Waals surface area (Å²) in [5.41, 5.74) is 0.0268. The number of hydrogen-bond acceptors (Lipinski definition) is 8. The highest BCUT2D eigenvalue weighted by Gasteiger charge is 2.51. The predicted octanol–water partition coefficient (Wildman–Crippen LogP) is 2.33. The largest absolute Gasteiger partial charge is 0.387 e. The second kappa shape index (κ2) is 16.1. The zero-order valence-corrected chi connectivity index (χ0v) is 30.7. The SMILES string of the molecule is CC(C)CN1CC(O)(CNC(=O)[C@@H]2N[C@@H]([C@H](NC(=O)Cc3ccccc3)C(=O)NCc3ccccc3)SC2(C)C)C[C@@H]1C(=O)NC(C)(C)C. The maximum absolute atomic E-state index is 13.8. The third-order valence-electron chi connectivity index (χ3n) is 8.64. The first-order chi connectivity index (χ1) is 22.9. The normalized spacial score (nSPS) is 24.3. The molecule has 2 aliphatic heterocycles. The van der Waals surface area contributed by atoms with Crippen molar-refractivity contribution in [1.82, 2.24) is 31.5 Å². The maximum Gasteiger partial charge on any atom is 0.245 e. The zero-order chi connectivity index (χ0) is 36.0. The lowest BCUT2D eigenvalue weighted by molar-refractivity contribution is -0.129. The average Bonchev–Trinajstić information content (AvgIpc) is 3.52. The van der Waals surface area contributed by atoms with Crippen LogP contribution in [0.3, 0.4) is 0 Å². The van der Waals surface area contributed by atoms with Crippen molar-refractivity contribution in [1.29, 1.82) is 0 Å². The van der Waals surface area contributed by atoms with E-state index in [-0.39, 0.29) is 62.0 Å². The Morgan fingerprint density at radius 3 is 2.16 bits per heavy atom. The quantitative estimate of drug-likeness (QED) is 0.187. The number of nitrogens with one attached hydrogen (secondary N) is 5. The number of nitrogens with zero attached hydrogens (tertiary/aromatic N) is 1. The summed E-state index contributed by atoms with van der Waals surface area (Å²) in [5.74, 6) is -0.856. The Kier molecular flexibility index (Phi) is 12.6. The van der Waals surface area contributed by atoms with Crippen LogP contribution in [-0.4, -0.2) is 92.7 Å².